The van der Waals surface area contributed by atoms with Gasteiger partial charge in [0.2, 0.25) is 0 Å². The van der Waals surface area contributed by atoms with Gasteiger partial charge in [0.15, 0.2) is 0 Å². The van der Waals surface area contributed by atoms with Crippen LogP contribution < -0.4 is 5.32 Å². The van der Waals surface area contributed by atoms with E-state index in [0.29, 0.717) is 0 Å². The van der Waals surface area contributed by atoms with Gasteiger partial charge in [0, 0.05) is 0 Å². The number of hydrogen-bond donors (Lipinski definition) is 2. The van der Waals surface area contributed by atoms with Crippen LogP contribution in [0.25, 0.3) is 11.0 Å². The van der Waals surface area contributed by atoms with E-state index in [-0.39, 0.29) is 12.0 Å². The molecule has 1 aromatic carbocycles. The van der Waals surface area contributed by atoms with Crippen molar-refractivity contribution in [2.24, 2.45) is 5.92 Å². The number of aromatic amines is 1. The third-order valence-corrected chi connectivity index (χ3v) is 3.29. The third kappa shape index (κ3) is 4.00. The van der Waals surface area contributed by atoms with E-state index in [4.69, 9.17) is 4.74 Å². The molecule has 0 unspecified atom stereocenters. The first kappa shape index (κ1) is 16.3. The number of hydrogen-bond acceptors (Lipinski definition) is 3. The molecule has 0 saturated carbocycles. The van der Waals surface area contributed by atoms with Crippen molar-refractivity contribution in [3.8, 4) is 0 Å². The Balaban J connectivity index is 2.24. The van der Waals surface area contributed by atoms with E-state index in [1.807, 2.05) is 53.7 Å². The highest BCUT2D eigenvalue weighted by Gasteiger charge is 2.25. The molecule has 1 heterocycles. The fraction of sp³-hybridized carbons (Fsp3) is 0.529. The normalized spacial score (nSPS) is 13.4. The highest BCUT2D eigenvalue weighted by molar-refractivity contribution is 5.76. The zero-order chi connectivity index (χ0) is 16.5. The maximum Gasteiger partial charge on any atom is 0.408 e. The molecule has 1 aromatic heterocycles. The quantitative estimate of drug-likeness (QED) is 0.897. The SMILES string of the molecule is Cc1ccc2nc([C@@H](NC(=O)OC(C)(C)C)C(C)C)[nH]c2c1. The number of rotatable bonds is 3. The zero-order valence-corrected chi connectivity index (χ0v) is 14.2. The maximum absolute atomic E-state index is 12.0. The summed E-state index contributed by atoms with van der Waals surface area (Å²) >= 11 is 0. The number of H-pyrrole nitrogens is 1. The van der Waals surface area contributed by atoms with Crippen LogP contribution in [0.15, 0.2) is 18.2 Å². The van der Waals surface area contributed by atoms with Crippen LogP contribution in [0.1, 0.15) is 52.0 Å². The molecule has 0 aliphatic heterocycles. The summed E-state index contributed by atoms with van der Waals surface area (Å²) in [6, 6.07) is 5.84. The van der Waals surface area contributed by atoms with Crippen LogP contribution >= 0.6 is 0 Å². The number of amides is 1. The molecule has 0 fully saturated rings. The van der Waals surface area contributed by atoms with Gasteiger partial charge in [-0.1, -0.05) is 19.9 Å². The first-order chi connectivity index (χ1) is 10.2. The van der Waals surface area contributed by atoms with Crippen molar-refractivity contribution in [2.75, 3.05) is 0 Å². The number of benzene rings is 1. The zero-order valence-electron chi connectivity index (χ0n) is 14.2. The lowest BCUT2D eigenvalue weighted by Crippen LogP contribution is -2.37. The second-order valence-corrected chi connectivity index (χ2v) is 7.01. The summed E-state index contributed by atoms with van der Waals surface area (Å²) in [5.41, 5.74) is 2.53. The van der Waals surface area contributed by atoms with E-state index < -0.39 is 11.7 Å². The van der Waals surface area contributed by atoms with E-state index in [1.165, 1.54) is 5.56 Å². The summed E-state index contributed by atoms with van der Waals surface area (Å²) in [7, 11) is 0. The van der Waals surface area contributed by atoms with Crippen LogP contribution in [0, 0.1) is 12.8 Å². The minimum absolute atomic E-state index is 0.189. The van der Waals surface area contributed by atoms with Crippen LogP contribution in [0.4, 0.5) is 4.79 Å². The number of nitrogens with zero attached hydrogens (tertiary/aromatic N) is 1. The molecule has 1 amide bonds. The largest absolute Gasteiger partial charge is 0.444 e. The van der Waals surface area contributed by atoms with Gasteiger partial charge < -0.3 is 15.0 Å². The molecule has 2 aromatic rings. The van der Waals surface area contributed by atoms with Gasteiger partial charge in [0.25, 0.3) is 0 Å². The lowest BCUT2D eigenvalue weighted by molar-refractivity contribution is 0.0487. The summed E-state index contributed by atoms with van der Waals surface area (Å²) in [6.45, 7) is 11.7. The summed E-state index contributed by atoms with van der Waals surface area (Å²) < 4.78 is 5.34. The first-order valence-corrected chi connectivity index (χ1v) is 7.61. The number of fused-ring (bicyclic) bond motifs is 1. The fourth-order valence-corrected chi connectivity index (χ4v) is 2.28. The molecule has 2 N–H and O–H groups in total. The lowest BCUT2D eigenvalue weighted by atomic mass is 10.0. The molecular formula is C17H25N3O2. The molecule has 22 heavy (non-hydrogen) atoms. The molecule has 0 saturated heterocycles. The molecule has 0 spiro atoms. The van der Waals surface area contributed by atoms with Crippen molar-refractivity contribution >= 4 is 17.1 Å². The summed E-state index contributed by atoms with van der Waals surface area (Å²) in [6.07, 6.45) is -0.428. The maximum atomic E-state index is 12.0. The van der Waals surface area contributed by atoms with Crippen molar-refractivity contribution in [3.63, 3.8) is 0 Å². The number of imidazole rings is 1. The molecule has 0 radical (unpaired) electrons. The van der Waals surface area contributed by atoms with Gasteiger partial charge in [0.05, 0.1) is 17.1 Å². The van der Waals surface area contributed by atoms with Gasteiger partial charge in [-0.25, -0.2) is 9.78 Å². The Morgan fingerprint density at radius 2 is 2.00 bits per heavy atom. The number of aryl methyl sites for hydroxylation is 1. The van der Waals surface area contributed by atoms with Crippen LogP contribution in [0.5, 0.6) is 0 Å². The monoisotopic (exact) mass is 303 g/mol. The molecule has 0 aliphatic rings. The summed E-state index contributed by atoms with van der Waals surface area (Å²) in [5.74, 6) is 0.940. The number of carbonyl (C=O) groups excluding carboxylic acids is 1. The molecule has 120 valence electrons. The number of carbonyl (C=O) groups is 1. The second kappa shape index (κ2) is 5.99. The Kier molecular flexibility index (Phi) is 4.44. The number of alkyl carbamates (subject to hydrolysis) is 1. The Bertz CT molecular complexity index is 668. The van der Waals surface area contributed by atoms with Gasteiger partial charge >= 0.3 is 6.09 Å². The minimum atomic E-state index is -0.517. The van der Waals surface area contributed by atoms with Gasteiger partial charge in [-0.05, 0) is 51.3 Å². The lowest BCUT2D eigenvalue weighted by Gasteiger charge is -2.24. The third-order valence-electron chi connectivity index (χ3n) is 3.29. The smallest absolute Gasteiger partial charge is 0.408 e. The first-order valence-electron chi connectivity index (χ1n) is 7.61. The molecule has 0 bridgehead atoms. The van der Waals surface area contributed by atoms with E-state index in [9.17, 15) is 4.79 Å². The fourth-order valence-electron chi connectivity index (χ4n) is 2.28. The van der Waals surface area contributed by atoms with E-state index >= 15 is 0 Å². The van der Waals surface area contributed by atoms with Gasteiger partial charge in [-0.15, -0.1) is 0 Å². The van der Waals surface area contributed by atoms with Crippen LogP contribution in [0.3, 0.4) is 0 Å². The molecule has 0 aliphatic carbocycles. The number of aromatic nitrogens is 2. The van der Waals surface area contributed by atoms with Crippen LogP contribution in [-0.2, 0) is 4.74 Å². The van der Waals surface area contributed by atoms with Crippen molar-refractivity contribution in [3.05, 3.63) is 29.6 Å². The minimum Gasteiger partial charge on any atom is -0.444 e. The predicted octanol–water partition coefficient (Wildman–Crippen LogP) is 4.09. The average Bonchev–Trinajstić information content (AvgIpc) is 2.75. The standard InChI is InChI=1S/C17H25N3O2/c1-10(2)14(20-16(21)22-17(4,5)6)15-18-12-8-7-11(3)9-13(12)19-15/h7-10,14H,1-6H3,(H,18,19)(H,20,21)/t14-/m0/s1. The van der Waals surface area contributed by atoms with Crippen molar-refractivity contribution in [1.29, 1.82) is 0 Å². The topological polar surface area (TPSA) is 67.0 Å². The summed E-state index contributed by atoms with van der Waals surface area (Å²) in [4.78, 5) is 19.9. The highest BCUT2D eigenvalue weighted by atomic mass is 16.6. The average molecular weight is 303 g/mol. The van der Waals surface area contributed by atoms with E-state index in [0.717, 1.165) is 16.9 Å². The highest BCUT2D eigenvalue weighted by Crippen LogP contribution is 2.23. The molecular weight excluding hydrogens is 278 g/mol. The van der Waals surface area contributed by atoms with Crippen molar-refractivity contribution in [2.45, 2.75) is 53.2 Å². The second-order valence-electron chi connectivity index (χ2n) is 7.01. The number of ether oxygens (including phenoxy) is 1. The molecule has 2 rings (SSSR count). The van der Waals surface area contributed by atoms with Crippen molar-refractivity contribution < 1.29 is 9.53 Å². The Morgan fingerprint density at radius 1 is 1.32 bits per heavy atom. The molecule has 1 atom stereocenters. The van der Waals surface area contributed by atoms with Gasteiger partial charge in [-0.3, -0.25) is 0 Å². The predicted molar refractivity (Wildman–Crippen MR) is 87.8 cm³/mol. The van der Waals surface area contributed by atoms with Crippen LogP contribution in [-0.4, -0.2) is 21.7 Å². The Labute approximate surface area is 131 Å². The van der Waals surface area contributed by atoms with Crippen molar-refractivity contribution in [1.82, 2.24) is 15.3 Å². The Morgan fingerprint density at radius 3 is 2.59 bits per heavy atom. The van der Waals surface area contributed by atoms with Gasteiger partial charge in [0.1, 0.15) is 11.4 Å². The van der Waals surface area contributed by atoms with Gasteiger partial charge in [-0.2, -0.15) is 0 Å². The number of nitrogens with one attached hydrogen (secondary N) is 2. The van der Waals surface area contributed by atoms with E-state index in [1.54, 1.807) is 0 Å². The Hall–Kier alpha value is -2.04. The molecule has 5 nitrogen and oxygen atoms in total. The van der Waals surface area contributed by atoms with E-state index in [2.05, 4.69) is 21.4 Å². The molecule has 5 heteroatoms. The summed E-state index contributed by atoms with van der Waals surface area (Å²) in [5, 5.41) is 2.91. The van der Waals surface area contributed by atoms with Crippen LogP contribution in [0.2, 0.25) is 0 Å².